The van der Waals surface area contributed by atoms with Crippen LogP contribution in [0.5, 0.6) is 5.75 Å². The number of rotatable bonds is 5. The largest absolute Gasteiger partial charge is 0.462 e. The van der Waals surface area contributed by atoms with Gasteiger partial charge < -0.3 is 14.5 Å². The first-order valence-electron chi connectivity index (χ1n) is 7.33. The summed E-state index contributed by atoms with van der Waals surface area (Å²) in [6, 6.07) is 8.06. The van der Waals surface area contributed by atoms with Crippen molar-refractivity contribution < 1.29 is 22.7 Å². The number of ether oxygens (including phenoxy) is 1. The van der Waals surface area contributed by atoms with Crippen molar-refractivity contribution in [3.05, 3.63) is 52.7 Å². The van der Waals surface area contributed by atoms with Gasteiger partial charge in [-0.05, 0) is 38.1 Å². The van der Waals surface area contributed by atoms with E-state index in [1.807, 2.05) is 0 Å². The maximum Gasteiger partial charge on any atom is 0.387 e. The molecule has 0 radical (unpaired) electrons. The molecular weight excluding hydrogens is 350 g/mol. The van der Waals surface area contributed by atoms with E-state index < -0.39 is 12.5 Å². The minimum Gasteiger partial charge on any atom is -0.462 e. The zero-order valence-electron chi connectivity index (χ0n) is 13.4. The van der Waals surface area contributed by atoms with Crippen LogP contribution < -0.4 is 10.1 Å². The third-order valence-corrected chi connectivity index (χ3v) is 4.48. The number of aromatic nitrogens is 1. The Morgan fingerprint density at radius 3 is 2.76 bits per heavy atom. The molecular formula is C17H14F2N2O3S. The lowest BCUT2D eigenvalue weighted by atomic mass is 10.1. The van der Waals surface area contributed by atoms with Crippen molar-refractivity contribution >= 4 is 22.9 Å². The SMILES string of the molecule is Cc1sc(-c2ccco2)nc1C(=O)Nc1cccc(OC(F)F)c1C. The number of alkyl halides is 2. The predicted octanol–water partition coefficient (Wildman–Crippen LogP) is 4.87. The quantitative estimate of drug-likeness (QED) is 0.701. The summed E-state index contributed by atoms with van der Waals surface area (Å²) in [4.78, 5) is 17.6. The third-order valence-electron chi connectivity index (χ3n) is 3.49. The van der Waals surface area contributed by atoms with E-state index in [9.17, 15) is 13.6 Å². The number of benzene rings is 1. The Kier molecular flexibility index (Phi) is 4.80. The summed E-state index contributed by atoms with van der Waals surface area (Å²) in [6.07, 6.45) is 1.53. The number of hydrogen-bond donors (Lipinski definition) is 1. The van der Waals surface area contributed by atoms with Crippen molar-refractivity contribution in [3.8, 4) is 16.5 Å². The van der Waals surface area contributed by atoms with Gasteiger partial charge in [0.25, 0.3) is 5.91 Å². The summed E-state index contributed by atoms with van der Waals surface area (Å²) in [5, 5.41) is 3.29. The molecule has 3 aromatic rings. The fourth-order valence-corrected chi connectivity index (χ4v) is 3.15. The molecule has 5 nitrogen and oxygen atoms in total. The van der Waals surface area contributed by atoms with Crippen molar-refractivity contribution in [2.45, 2.75) is 20.5 Å². The van der Waals surface area contributed by atoms with Crippen LogP contribution in [0.3, 0.4) is 0 Å². The first-order chi connectivity index (χ1) is 12.0. The molecule has 1 N–H and O–H groups in total. The van der Waals surface area contributed by atoms with Crippen LogP contribution in [0.1, 0.15) is 20.9 Å². The van der Waals surface area contributed by atoms with Crippen LogP contribution in [0.2, 0.25) is 0 Å². The molecule has 2 heterocycles. The molecule has 2 aromatic heterocycles. The van der Waals surface area contributed by atoms with Gasteiger partial charge in [-0.2, -0.15) is 8.78 Å². The minimum absolute atomic E-state index is 0.0130. The van der Waals surface area contributed by atoms with Gasteiger partial charge in [0.1, 0.15) is 11.4 Å². The summed E-state index contributed by atoms with van der Waals surface area (Å²) in [5.41, 5.74) is 1.06. The van der Waals surface area contributed by atoms with Gasteiger partial charge in [-0.15, -0.1) is 11.3 Å². The highest BCUT2D eigenvalue weighted by Gasteiger charge is 2.19. The fraction of sp³-hybridized carbons (Fsp3) is 0.176. The van der Waals surface area contributed by atoms with E-state index in [2.05, 4.69) is 15.0 Å². The molecule has 25 heavy (non-hydrogen) atoms. The van der Waals surface area contributed by atoms with Crippen LogP contribution in [0, 0.1) is 13.8 Å². The second-order valence-corrected chi connectivity index (χ2v) is 6.37. The number of nitrogens with one attached hydrogen (secondary N) is 1. The van der Waals surface area contributed by atoms with Gasteiger partial charge in [0, 0.05) is 16.1 Å². The molecule has 0 aliphatic carbocycles. The number of halogens is 2. The van der Waals surface area contributed by atoms with Crippen molar-refractivity contribution in [2.24, 2.45) is 0 Å². The summed E-state index contributed by atoms with van der Waals surface area (Å²) in [7, 11) is 0. The third kappa shape index (κ3) is 3.69. The molecule has 1 amide bonds. The molecule has 0 aliphatic rings. The fourth-order valence-electron chi connectivity index (χ4n) is 2.27. The lowest BCUT2D eigenvalue weighted by molar-refractivity contribution is -0.0502. The summed E-state index contributed by atoms with van der Waals surface area (Å²) in [6.45, 7) is 0.443. The van der Waals surface area contributed by atoms with E-state index in [1.165, 1.54) is 29.7 Å². The number of hydrogen-bond acceptors (Lipinski definition) is 5. The standard InChI is InChI=1S/C17H14F2N2O3S/c1-9-11(5-3-6-12(9)24-17(18)19)20-15(22)14-10(2)25-16(21-14)13-7-4-8-23-13/h3-8,17H,1-2H3,(H,20,22). The van der Waals surface area contributed by atoms with Gasteiger partial charge in [0.2, 0.25) is 0 Å². The number of aryl methyl sites for hydroxylation is 1. The van der Waals surface area contributed by atoms with Crippen LogP contribution >= 0.6 is 11.3 Å². The van der Waals surface area contributed by atoms with E-state index in [4.69, 9.17) is 4.42 Å². The Hall–Kier alpha value is -2.74. The van der Waals surface area contributed by atoms with E-state index in [1.54, 1.807) is 32.0 Å². The molecule has 0 saturated carbocycles. The molecule has 0 saturated heterocycles. The summed E-state index contributed by atoms with van der Waals surface area (Å²) >= 11 is 1.34. The number of carbonyl (C=O) groups is 1. The number of thiazole rings is 1. The van der Waals surface area contributed by atoms with E-state index in [-0.39, 0.29) is 11.4 Å². The molecule has 8 heteroatoms. The Morgan fingerprint density at radius 1 is 1.28 bits per heavy atom. The van der Waals surface area contributed by atoms with Crippen molar-refractivity contribution in [2.75, 3.05) is 5.32 Å². The normalized spacial score (nSPS) is 10.9. The lowest BCUT2D eigenvalue weighted by Crippen LogP contribution is -2.15. The highest BCUT2D eigenvalue weighted by Crippen LogP contribution is 2.30. The van der Waals surface area contributed by atoms with Crippen LogP contribution in [-0.2, 0) is 0 Å². The molecule has 1 aromatic carbocycles. The minimum atomic E-state index is -2.93. The van der Waals surface area contributed by atoms with Crippen LogP contribution in [0.25, 0.3) is 10.8 Å². The van der Waals surface area contributed by atoms with E-state index >= 15 is 0 Å². The zero-order chi connectivity index (χ0) is 18.0. The van der Waals surface area contributed by atoms with Gasteiger partial charge in [-0.1, -0.05) is 6.07 Å². The van der Waals surface area contributed by atoms with Crippen LogP contribution in [0.15, 0.2) is 41.0 Å². The Morgan fingerprint density at radius 2 is 2.08 bits per heavy atom. The number of furan rings is 1. The first-order valence-corrected chi connectivity index (χ1v) is 8.14. The molecule has 0 bridgehead atoms. The summed E-state index contributed by atoms with van der Waals surface area (Å²) in [5.74, 6) is 0.165. The van der Waals surface area contributed by atoms with Crippen molar-refractivity contribution in [1.29, 1.82) is 0 Å². The average Bonchev–Trinajstić information content (AvgIpc) is 3.20. The number of anilines is 1. The lowest BCUT2D eigenvalue weighted by Gasteiger charge is -2.12. The van der Waals surface area contributed by atoms with Gasteiger partial charge in [0.15, 0.2) is 10.8 Å². The highest BCUT2D eigenvalue weighted by atomic mass is 32.1. The average molecular weight is 364 g/mol. The number of carbonyl (C=O) groups excluding carboxylic acids is 1. The van der Waals surface area contributed by atoms with Gasteiger partial charge >= 0.3 is 6.61 Å². The van der Waals surface area contributed by atoms with Gasteiger partial charge in [0.05, 0.1) is 6.26 Å². The second kappa shape index (κ2) is 7.02. The second-order valence-electron chi connectivity index (χ2n) is 5.16. The highest BCUT2D eigenvalue weighted by molar-refractivity contribution is 7.15. The first kappa shape index (κ1) is 17.1. The van der Waals surface area contributed by atoms with E-state index in [0.29, 0.717) is 22.0 Å². The molecule has 0 spiro atoms. The van der Waals surface area contributed by atoms with Gasteiger partial charge in [-0.25, -0.2) is 4.98 Å². The summed E-state index contributed by atoms with van der Waals surface area (Å²) < 4.78 is 34.6. The topological polar surface area (TPSA) is 64.4 Å². The molecule has 0 aliphatic heterocycles. The number of amides is 1. The maximum absolute atomic E-state index is 12.5. The van der Waals surface area contributed by atoms with Crippen LogP contribution in [0.4, 0.5) is 14.5 Å². The molecule has 3 rings (SSSR count). The van der Waals surface area contributed by atoms with Gasteiger partial charge in [-0.3, -0.25) is 4.79 Å². The Labute approximate surface area is 146 Å². The molecule has 130 valence electrons. The van der Waals surface area contributed by atoms with Crippen molar-refractivity contribution in [3.63, 3.8) is 0 Å². The van der Waals surface area contributed by atoms with Crippen LogP contribution in [-0.4, -0.2) is 17.5 Å². The van der Waals surface area contributed by atoms with Crippen molar-refractivity contribution in [1.82, 2.24) is 4.98 Å². The number of nitrogens with zero attached hydrogens (tertiary/aromatic N) is 1. The monoisotopic (exact) mass is 364 g/mol. The molecule has 0 unspecified atom stereocenters. The molecule has 0 atom stereocenters. The Bertz CT molecular complexity index is 891. The maximum atomic E-state index is 12.5. The smallest absolute Gasteiger partial charge is 0.387 e. The predicted molar refractivity (Wildman–Crippen MR) is 90.3 cm³/mol. The zero-order valence-corrected chi connectivity index (χ0v) is 14.2. The Balaban J connectivity index is 1.84. The van der Waals surface area contributed by atoms with E-state index in [0.717, 1.165) is 4.88 Å². The molecule has 0 fully saturated rings.